The SMILES string of the molecule is CC1(O)CCN(C(=O)c2cncc(/C=C/C(=O)O)c2)C1. The van der Waals surface area contributed by atoms with Gasteiger partial charge < -0.3 is 15.1 Å². The van der Waals surface area contributed by atoms with Gasteiger partial charge >= 0.3 is 5.97 Å². The van der Waals surface area contributed by atoms with E-state index in [1.54, 1.807) is 17.9 Å². The lowest BCUT2D eigenvalue weighted by molar-refractivity contribution is -0.131. The Bertz CT molecular complexity index is 566. The lowest BCUT2D eigenvalue weighted by atomic mass is 10.1. The predicted octanol–water partition coefficient (Wildman–Crippen LogP) is 0.776. The summed E-state index contributed by atoms with van der Waals surface area (Å²) in [5, 5.41) is 18.4. The highest BCUT2D eigenvalue weighted by atomic mass is 16.4. The molecular formula is C14H16N2O4. The topological polar surface area (TPSA) is 90.7 Å². The Morgan fingerprint density at radius 3 is 2.80 bits per heavy atom. The van der Waals surface area contributed by atoms with Crippen molar-refractivity contribution in [2.75, 3.05) is 13.1 Å². The van der Waals surface area contributed by atoms with Gasteiger partial charge in [0.05, 0.1) is 11.2 Å². The second-order valence-electron chi connectivity index (χ2n) is 5.15. The van der Waals surface area contributed by atoms with Gasteiger partial charge in [-0.1, -0.05) is 0 Å². The molecule has 1 fully saturated rings. The van der Waals surface area contributed by atoms with Crippen molar-refractivity contribution in [1.82, 2.24) is 9.88 Å². The number of hydrogen-bond acceptors (Lipinski definition) is 4. The summed E-state index contributed by atoms with van der Waals surface area (Å²) in [5.74, 6) is -1.27. The lowest BCUT2D eigenvalue weighted by Crippen LogP contribution is -2.33. The average molecular weight is 276 g/mol. The molecule has 2 N–H and O–H groups in total. The van der Waals surface area contributed by atoms with Crippen LogP contribution in [-0.4, -0.2) is 50.7 Å². The van der Waals surface area contributed by atoms with E-state index in [1.807, 2.05) is 0 Å². The third-order valence-corrected chi connectivity index (χ3v) is 3.16. The minimum Gasteiger partial charge on any atom is -0.478 e. The summed E-state index contributed by atoms with van der Waals surface area (Å²) in [7, 11) is 0. The molecular weight excluding hydrogens is 260 g/mol. The number of aliphatic hydroxyl groups is 1. The Hall–Kier alpha value is -2.21. The molecule has 1 unspecified atom stereocenters. The summed E-state index contributed by atoms with van der Waals surface area (Å²) in [6.07, 6.45) is 5.84. The number of pyridine rings is 1. The zero-order valence-electron chi connectivity index (χ0n) is 11.1. The van der Waals surface area contributed by atoms with Gasteiger partial charge in [-0.15, -0.1) is 0 Å². The minimum absolute atomic E-state index is 0.208. The average Bonchev–Trinajstić information content (AvgIpc) is 2.76. The van der Waals surface area contributed by atoms with Crippen LogP contribution in [0.4, 0.5) is 0 Å². The van der Waals surface area contributed by atoms with Crippen molar-refractivity contribution in [1.29, 1.82) is 0 Å². The van der Waals surface area contributed by atoms with E-state index in [0.717, 1.165) is 6.08 Å². The molecule has 1 aliphatic heterocycles. The summed E-state index contributed by atoms with van der Waals surface area (Å²) in [6, 6.07) is 1.59. The molecule has 1 saturated heterocycles. The first kappa shape index (κ1) is 14.2. The summed E-state index contributed by atoms with van der Waals surface area (Å²) in [6.45, 7) is 2.49. The van der Waals surface area contributed by atoms with E-state index < -0.39 is 11.6 Å². The number of carbonyl (C=O) groups is 2. The Morgan fingerprint density at radius 1 is 1.45 bits per heavy atom. The van der Waals surface area contributed by atoms with Crippen LogP contribution in [0.15, 0.2) is 24.5 Å². The van der Waals surface area contributed by atoms with E-state index in [0.29, 0.717) is 30.6 Å². The van der Waals surface area contributed by atoms with Crippen LogP contribution in [-0.2, 0) is 4.79 Å². The highest BCUT2D eigenvalue weighted by molar-refractivity contribution is 5.95. The van der Waals surface area contributed by atoms with Crippen LogP contribution in [0.3, 0.4) is 0 Å². The first-order valence-corrected chi connectivity index (χ1v) is 6.25. The van der Waals surface area contributed by atoms with Gasteiger partial charge in [0, 0.05) is 31.6 Å². The van der Waals surface area contributed by atoms with Gasteiger partial charge in [-0.05, 0) is 31.1 Å². The van der Waals surface area contributed by atoms with Crippen molar-refractivity contribution in [2.45, 2.75) is 18.9 Å². The van der Waals surface area contributed by atoms with Crippen LogP contribution in [0.25, 0.3) is 6.08 Å². The normalized spacial score (nSPS) is 22.4. The molecule has 106 valence electrons. The maximum Gasteiger partial charge on any atom is 0.328 e. The number of rotatable bonds is 3. The van der Waals surface area contributed by atoms with Gasteiger partial charge in [0.1, 0.15) is 0 Å². The maximum absolute atomic E-state index is 12.3. The maximum atomic E-state index is 12.3. The number of nitrogens with zero attached hydrogens (tertiary/aromatic N) is 2. The first-order chi connectivity index (χ1) is 9.37. The monoisotopic (exact) mass is 276 g/mol. The number of aromatic nitrogens is 1. The van der Waals surface area contributed by atoms with E-state index in [1.165, 1.54) is 18.5 Å². The fourth-order valence-electron chi connectivity index (χ4n) is 2.13. The van der Waals surface area contributed by atoms with Crippen molar-refractivity contribution < 1.29 is 19.8 Å². The van der Waals surface area contributed by atoms with E-state index in [2.05, 4.69) is 4.98 Å². The highest BCUT2D eigenvalue weighted by Gasteiger charge is 2.34. The van der Waals surface area contributed by atoms with E-state index in [-0.39, 0.29) is 5.91 Å². The largest absolute Gasteiger partial charge is 0.478 e. The molecule has 0 saturated carbocycles. The van der Waals surface area contributed by atoms with Crippen LogP contribution in [0.5, 0.6) is 0 Å². The number of hydrogen-bond donors (Lipinski definition) is 2. The van der Waals surface area contributed by atoms with Gasteiger partial charge in [-0.3, -0.25) is 9.78 Å². The van der Waals surface area contributed by atoms with Crippen molar-refractivity contribution in [3.63, 3.8) is 0 Å². The van der Waals surface area contributed by atoms with Crippen molar-refractivity contribution in [3.8, 4) is 0 Å². The number of carbonyl (C=O) groups excluding carboxylic acids is 1. The van der Waals surface area contributed by atoms with E-state index in [4.69, 9.17) is 5.11 Å². The molecule has 0 aromatic carbocycles. The molecule has 0 aliphatic carbocycles. The zero-order chi connectivity index (χ0) is 14.8. The van der Waals surface area contributed by atoms with E-state index >= 15 is 0 Å². The molecule has 1 aromatic heterocycles. The van der Waals surface area contributed by atoms with Gasteiger partial charge in [-0.25, -0.2) is 4.79 Å². The molecule has 0 bridgehead atoms. The summed E-state index contributed by atoms with van der Waals surface area (Å²) in [4.78, 5) is 28.2. The third-order valence-electron chi connectivity index (χ3n) is 3.16. The number of amides is 1. The first-order valence-electron chi connectivity index (χ1n) is 6.25. The Kier molecular flexibility index (Phi) is 3.85. The third kappa shape index (κ3) is 3.42. The van der Waals surface area contributed by atoms with Gasteiger partial charge in [-0.2, -0.15) is 0 Å². The fraction of sp³-hybridized carbons (Fsp3) is 0.357. The minimum atomic E-state index is -1.06. The number of β-amino-alcohol motifs (C(OH)–C–C–N with tert-alkyl or cyclic N) is 1. The fourth-order valence-corrected chi connectivity index (χ4v) is 2.13. The number of carboxylic acid groups (broad SMARTS) is 1. The molecule has 1 aromatic rings. The Morgan fingerprint density at radius 2 is 2.20 bits per heavy atom. The second-order valence-corrected chi connectivity index (χ2v) is 5.15. The van der Waals surface area contributed by atoms with Crippen LogP contribution < -0.4 is 0 Å². The summed E-state index contributed by atoms with van der Waals surface area (Å²) < 4.78 is 0. The van der Waals surface area contributed by atoms with Gasteiger partial charge in [0.2, 0.25) is 0 Å². The van der Waals surface area contributed by atoms with Crippen LogP contribution in [0.2, 0.25) is 0 Å². The molecule has 0 spiro atoms. The Labute approximate surface area is 116 Å². The summed E-state index contributed by atoms with van der Waals surface area (Å²) >= 11 is 0. The quantitative estimate of drug-likeness (QED) is 0.796. The van der Waals surface area contributed by atoms with Crippen molar-refractivity contribution >= 4 is 18.0 Å². The van der Waals surface area contributed by atoms with Crippen LogP contribution in [0.1, 0.15) is 29.3 Å². The molecule has 1 atom stereocenters. The molecule has 6 nitrogen and oxygen atoms in total. The molecule has 1 aliphatic rings. The Balaban J connectivity index is 2.15. The van der Waals surface area contributed by atoms with Crippen LogP contribution >= 0.6 is 0 Å². The molecule has 0 radical (unpaired) electrons. The van der Waals surface area contributed by atoms with Gasteiger partial charge in [0.25, 0.3) is 5.91 Å². The molecule has 6 heteroatoms. The van der Waals surface area contributed by atoms with Crippen molar-refractivity contribution in [3.05, 3.63) is 35.7 Å². The predicted molar refractivity (Wildman–Crippen MR) is 72.1 cm³/mol. The number of aliphatic carboxylic acids is 1. The lowest BCUT2D eigenvalue weighted by Gasteiger charge is -2.19. The standard InChI is InChI=1S/C14H16N2O4/c1-14(20)4-5-16(9-14)13(19)11-6-10(7-15-8-11)2-3-12(17)18/h2-3,6-8,20H,4-5,9H2,1H3,(H,17,18)/b3-2+. The summed E-state index contributed by atoms with van der Waals surface area (Å²) in [5.41, 5.74) is 0.0867. The van der Waals surface area contributed by atoms with Gasteiger partial charge in [0.15, 0.2) is 0 Å². The van der Waals surface area contributed by atoms with Crippen LogP contribution in [0, 0.1) is 0 Å². The molecule has 2 heterocycles. The molecule has 2 rings (SSSR count). The smallest absolute Gasteiger partial charge is 0.328 e. The highest BCUT2D eigenvalue weighted by Crippen LogP contribution is 2.22. The number of carboxylic acids is 1. The number of likely N-dealkylation sites (tertiary alicyclic amines) is 1. The van der Waals surface area contributed by atoms with Crippen molar-refractivity contribution in [2.24, 2.45) is 0 Å². The molecule has 20 heavy (non-hydrogen) atoms. The zero-order valence-corrected chi connectivity index (χ0v) is 11.1. The van der Waals surface area contributed by atoms with E-state index in [9.17, 15) is 14.7 Å². The molecule has 1 amide bonds. The second kappa shape index (κ2) is 5.42.